The van der Waals surface area contributed by atoms with E-state index in [4.69, 9.17) is 25.8 Å². The molecular weight excluding hydrogens is 448 g/mol. The van der Waals surface area contributed by atoms with E-state index in [0.717, 1.165) is 44.8 Å². The minimum atomic E-state index is -1.15. The third kappa shape index (κ3) is 7.35. The normalized spacial score (nSPS) is 14.0. The Morgan fingerprint density at radius 2 is 1.88 bits per heavy atom. The molecule has 1 saturated heterocycles. The van der Waals surface area contributed by atoms with Crippen molar-refractivity contribution >= 4 is 23.5 Å². The van der Waals surface area contributed by atoms with E-state index in [1.165, 1.54) is 13.2 Å². The Morgan fingerprint density at radius 3 is 2.55 bits per heavy atom. The lowest BCUT2D eigenvalue weighted by Gasteiger charge is -2.28. The van der Waals surface area contributed by atoms with Crippen LogP contribution in [0.4, 0.5) is 0 Å². The summed E-state index contributed by atoms with van der Waals surface area (Å²) in [6, 6.07) is 11.9. The first kappa shape index (κ1) is 24.8. The monoisotopic (exact) mass is 476 g/mol. The number of ether oxygens (including phenoxy) is 3. The highest BCUT2D eigenvalue weighted by atomic mass is 35.5. The molecule has 0 aromatic heterocycles. The van der Waals surface area contributed by atoms with Gasteiger partial charge in [0.15, 0.2) is 18.1 Å². The lowest BCUT2D eigenvalue weighted by molar-refractivity contribution is -0.134. The highest BCUT2D eigenvalue weighted by molar-refractivity contribution is 6.30. The lowest BCUT2D eigenvalue weighted by atomic mass is 10.2. The van der Waals surface area contributed by atoms with Crippen LogP contribution in [-0.2, 0) is 16.1 Å². The van der Waals surface area contributed by atoms with E-state index in [1.54, 1.807) is 29.2 Å². The van der Waals surface area contributed by atoms with E-state index in [2.05, 4.69) is 4.90 Å². The SMILES string of the molecule is COc1cccc(C(=O)O)c1OCC(=O)N(CCCN1CCOCC1)Cc1ccc(Cl)cc1. The zero-order valence-corrected chi connectivity index (χ0v) is 19.4. The fraction of sp³-hybridized carbons (Fsp3) is 0.417. The van der Waals surface area contributed by atoms with Crippen LogP contribution < -0.4 is 9.47 Å². The van der Waals surface area contributed by atoms with E-state index in [0.29, 0.717) is 18.1 Å². The summed E-state index contributed by atoms with van der Waals surface area (Å²) in [5.74, 6) is -1.09. The summed E-state index contributed by atoms with van der Waals surface area (Å²) < 4.78 is 16.3. The molecule has 0 unspecified atom stereocenters. The van der Waals surface area contributed by atoms with Crippen molar-refractivity contribution in [3.05, 3.63) is 58.6 Å². The maximum atomic E-state index is 13.1. The summed E-state index contributed by atoms with van der Waals surface area (Å²) in [5, 5.41) is 10.1. The van der Waals surface area contributed by atoms with Gasteiger partial charge in [-0.1, -0.05) is 29.8 Å². The molecule has 1 aliphatic rings. The average molecular weight is 477 g/mol. The third-order valence-corrected chi connectivity index (χ3v) is 5.67. The van der Waals surface area contributed by atoms with Crippen molar-refractivity contribution in [2.24, 2.45) is 0 Å². The summed E-state index contributed by atoms with van der Waals surface area (Å²) in [4.78, 5) is 28.7. The predicted octanol–water partition coefficient (Wildman–Crippen LogP) is 3.18. The molecule has 1 heterocycles. The molecule has 0 bridgehead atoms. The second-order valence-corrected chi connectivity index (χ2v) is 8.12. The number of carbonyl (C=O) groups is 2. The van der Waals surface area contributed by atoms with Crippen molar-refractivity contribution in [3.8, 4) is 11.5 Å². The van der Waals surface area contributed by atoms with Gasteiger partial charge in [-0.2, -0.15) is 0 Å². The standard InChI is InChI=1S/C24H29ClN2O6/c1-31-21-5-2-4-20(24(29)30)23(21)33-17-22(28)27(16-18-6-8-19(25)9-7-18)11-3-10-26-12-14-32-15-13-26/h2,4-9H,3,10-17H2,1H3,(H,29,30). The van der Waals surface area contributed by atoms with Gasteiger partial charge in [-0.05, 0) is 36.2 Å². The molecule has 178 valence electrons. The van der Waals surface area contributed by atoms with Gasteiger partial charge in [0.2, 0.25) is 0 Å². The maximum Gasteiger partial charge on any atom is 0.339 e. The van der Waals surface area contributed by atoms with Crippen molar-refractivity contribution in [2.45, 2.75) is 13.0 Å². The fourth-order valence-corrected chi connectivity index (χ4v) is 3.76. The number of para-hydroxylation sites is 1. The number of carboxylic acids is 1. The number of morpholine rings is 1. The summed E-state index contributed by atoms with van der Waals surface area (Å²) in [7, 11) is 1.42. The molecule has 1 fully saturated rings. The van der Waals surface area contributed by atoms with E-state index in [9.17, 15) is 14.7 Å². The summed E-state index contributed by atoms with van der Waals surface area (Å²) >= 11 is 5.99. The van der Waals surface area contributed by atoms with Crippen molar-refractivity contribution in [2.75, 3.05) is 53.1 Å². The van der Waals surface area contributed by atoms with Gasteiger partial charge in [-0.15, -0.1) is 0 Å². The Balaban J connectivity index is 1.67. The molecule has 8 nitrogen and oxygen atoms in total. The van der Waals surface area contributed by atoms with Gasteiger partial charge in [0.25, 0.3) is 5.91 Å². The molecule has 1 aliphatic heterocycles. The third-order valence-electron chi connectivity index (χ3n) is 5.41. The van der Waals surface area contributed by atoms with Gasteiger partial charge in [0, 0.05) is 37.7 Å². The molecule has 1 N–H and O–H groups in total. The van der Waals surface area contributed by atoms with Crippen LogP contribution in [0.2, 0.25) is 5.02 Å². The predicted molar refractivity (Wildman–Crippen MR) is 124 cm³/mol. The number of carbonyl (C=O) groups excluding carboxylic acids is 1. The number of carboxylic acid groups (broad SMARTS) is 1. The van der Waals surface area contributed by atoms with Gasteiger partial charge < -0.3 is 24.2 Å². The largest absolute Gasteiger partial charge is 0.493 e. The number of hydrogen-bond acceptors (Lipinski definition) is 6. The smallest absolute Gasteiger partial charge is 0.339 e. The first-order chi connectivity index (χ1) is 16.0. The summed E-state index contributed by atoms with van der Waals surface area (Å²) in [5.41, 5.74) is 0.890. The lowest BCUT2D eigenvalue weighted by Crippen LogP contribution is -2.40. The number of methoxy groups -OCH3 is 1. The van der Waals surface area contributed by atoms with Gasteiger partial charge in [-0.25, -0.2) is 4.79 Å². The summed E-state index contributed by atoms with van der Waals surface area (Å²) in [6.07, 6.45) is 0.800. The molecule has 0 radical (unpaired) electrons. The number of halogens is 1. The number of rotatable bonds is 11. The van der Waals surface area contributed by atoms with Crippen molar-refractivity contribution in [1.82, 2.24) is 9.80 Å². The Morgan fingerprint density at radius 1 is 1.15 bits per heavy atom. The molecule has 9 heteroatoms. The molecule has 1 amide bonds. The van der Waals surface area contributed by atoms with Gasteiger partial charge in [-0.3, -0.25) is 9.69 Å². The van der Waals surface area contributed by atoms with Crippen LogP contribution in [0.1, 0.15) is 22.3 Å². The first-order valence-corrected chi connectivity index (χ1v) is 11.2. The fourth-order valence-electron chi connectivity index (χ4n) is 3.63. The first-order valence-electron chi connectivity index (χ1n) is 10.8. The van der Waals surface area contributed by atoms with Gasteiger partial charge >= 0.3 is 5.97 Å². The second kappa shape index (κ2) is 12.4. The highest BCUT2D eigenvalue weighted by Crippen LogP contribution is 2.31. The van der Waals surface area contributed by atoms with Crippen LogP contribution >= 0.6 is 11.6 Å². The van der Waals surface area contributed by atoms with Crippen LogP contribution in [0, 0.1) is 0 Å². The number of hydrogen-bond donors (Lipinski definition) is 1. The Labute approximate surface area is 198 Å². The van der Waals surface area contributed by atoms with Crippen LogP contribution in [0.5, 0.6) is 11.5 Å². The molecule has 2 aromatic carbocycles. The Kier molecular flexibility index (Phi) is 9.35. The maximum absolute atomic E-state index is 13.1. The second-order valence-electron chi connectivity index (χ2n) is 7.68. The van der Waals surface area contributed by atoms with E-state index in [1.807, 2.05) is 12.1 Å². The van der Waals surface area contributed by atoms with E-state index < -0.39 is 5.97 Å². The summed E-state index contributed by atoms with van der Waals surface area (Å²) in [6.45, 7) is 4.74. The average Bonchev–Trinajstić information content (AvgIpc) is 2.83. The molecule has 0 atom stereocenters. The number of aromatic carboxylic acids is 1. The Bertz CT molecular complexity index is 931. The van der Waals surface area contributed by atoms with Crippen LogP contribution in [0.15, 0.2) is 42.5 Å². The minimum absolute atomic E-state index is 0.0422. The van der Waals surface area contributed by atoms with Crippen LogP contribution in [-0.4, -0.2) is 79.9 Å². The zero-order chi connectivity index (χ0) is 23.6. The highest BCUT2D eigenvalue weighted by Gasteiger charge is 2.20. The van der Waals surface area contributed by atoms with Crippen LogP contribution in [0.3, 0.4) is 0 Å². The van der Waals surface area contributed by atoms with Crippen LogP contribution in [0.25, 0.3) is 0 Å². The molecule has 3 rings (SSSR count). The quantitative estimate of drug-likeness (QED) is 0.532. The van der Waals surface area contributed by atoms with Crippen molar-refractivity contribution in [3.63, 3.8) is 0 Å². The van der Waals surface area contributed by atoms with E-state index in [-0.39, 0.29) is 29.6 Å². The number of nitrogens with zero attached hydrogens (tertiary/aromatic N) is 2. The molecular formula is C24H29ClN2O6. The number of benzene rings is 2. The topological polar surface area (TPSA) is 88.5 Å². The van der Waals surface area contributed by atoms with Crippen molar-refractivity contribution < 1.29 is 28.9 Å². The molecule has 33 heavy (non-hydrogen) atoms. The van der Waals surface area contributed by atoms with Crippen molar-refractivity contribution in [1.29, 1.82) is 0 Å². The molecule has 2 aromatic rings. The van der Waals surface area contributed by atoms with Gasteiger partial charge in [0.1, 0.15) is 5.56 Å². The minimum Gasteiger partial charge on any atom is -0.493 e. The van der Waals surface area contributed by atoms with Gasteiger partial charge in [0.05, 0.1) is 20.3 Å². The zero-order valence-electron chi connectivity index (χ0n) is 18.7. The molecule has 0 aliphatic carbocycles. The Hall–Kier alpha value is -2.81. The van der Waals surface area contributed by atoms with E-state index >= 15 is 0 Å². The molecule has 0 saturated carbocycles. The molecule has 0 spiro atoms. The number of amides is 1.